The molecule has 0 spiro atoms. The summed E-state index contributed by atoms with van der Waals surface area (Å²) < 4.78 is 4.96. The van der Waals surface area contributed by atoms with E-state index in [-0.39, 0.29) is 18.0 Å². The molecular formula is C17H25N3O3. The van der Waals surface area contributed by atoms with Crippen molar-refractivity contribution in [2.24, 2.45) is 5.92 Å². The molecule has 3 rings (SSSR count). The van der Waals surface area contributed by atoms with Gasteiger partial charge < -0.3 is 19.5 Å². The van der Waals surface area contributed by atoms with Crippen molar-refractivity contribution < 1.29 is 14.0 Å². The molecule has 1 N–H and O–H groups in total. The van der Waals surface area contributed by atoms with Gasteiger partial charge in [0.1, 0.15) is 6.26 Å². The molecule has 3 amide bonds. The van der Waals surface area contributed by atoms with Gasteiger partial charge >= 0.3 is 6.03 Å². The zero-order valence-corrected chi connectivity index (χ0v) is 13.8. The normalized spacial score (nSPS) is 20.2. The van der Waals surface area contributed by atoms with E-state index in [9.17, 15) is 9.59 Å². The van der Waals surface area contributed by atoms with Crippen LogP contribution in [0.5, 0.6) is 0 Å². The minimum atomic E-state index is 0.00278. The summed E-state index contributed by atoms with van der Waals surface area (Å²) >= 11 is 0. The Kier molecular flexibility index (Phi) is 4.59. The molecule has 126 valence electrons. The molecule has 1 aromatic heterocycles. The molecular weight excluding hydrogens is 294 g/mol. The minimum Gasteiger partial charge on any atom is -0.472 e. The van der Waals surface area contributed by atoms with Crippen LogP contribution in [0, 0.1) is 5.92 Å². The number of amides is 3. The van der Waals surface area contributed by atoms with Gasteiger partial charge in [-0.25, -0.2) is 4.79 Å². The van der Waals surface area contributed by atoms with E-state index >= 15 is 0 Å². The van der Waals surface area contributed by atoms with Crippen LogP contribution >= 0.6 is 0 Å². The van der Waals surface area contributed by atoms with Gasteiger partial charge in [0.05, 0.1) is 11.8 Å². The van der Waals surface area contributed by atoms with Crippen LogP contribution in [0.25, 0.3) is 0 Å². The lowest BCUT2D eigenvalue weighted by atomic mass is 10.0. The van der Waals surface area contributed by atoms with Crippen molar-refractivity contribution in [3.63, 3.8) is 0 Å². The molecule has 1 unspecified atom stereocenters. The maximum atomic E-state index is 12.3. The second-order valence-electron chi connectivity index (χ2n) is 6.72. The fourth-order valence-electron chi connectivity index (χ4n) is 3.15. The van der Waals surface area contributed by atoms with Crippen LogP contribution in [0.15, 0.2) is 23.0 Å². The van der Waals surface area contributed by atoms with Gasteiger partial charge in [-0.3, -0.25) is 4.79 Å². The molecule has 2 aliphatic rings. The summed E-state index contributed by atoms with van der Waals surface area (Å²) in [5, 5.41) is 3.11. The Bertz CT molecular complexity index is 545. The molecule has 1 aliphatic heterocycles. The van der Waals surface area contributed by atoms with E-state index in [1.165, 1.54) is 25.4 Å². The number of nitrogens with one attached hydrogen (secondary N) is 1. The molecule has 1 atom stereocenters. The molecule has 2 heterocycles. The monoisotopic (exact) mass is 319 g/mol. The van der Waals surface area contributed by atoms with E-state index < -0.39 is 0 Å². The largest absolute Gasteiger partial charge is 0.472 e. The minimum absolute atomic E-state index is 0.00278. The molecule has 0 radical (unpaired) electrons. The number of piperidine rings is 1. The van der Waals surface area contributed by atoms with Crippen LogP contribution in [0.4, 0.5) is 4.79 Å². The first-order valence-electron chi connectivity index (χ1n) is 8.41. The van der Waals surface area contributed by atoms with Gasteiger partial charge in [0, 0.05) is 32.2 Å². The molecule has 1 aliphatic carbocycles. The predicted octanol–water partition coefficient (Wildman–Crippen LogP) is 2.32. The summed E-state index contributed by atoms with van der Waals surface area (Å²) in [6.07, 6.45) is 7.03. The first-order valence-corrected chi connectivity index (χ1v) is 8.41. The van der Waals surface area contributed by atoms with Crippen molar-refractivity contribution in [2.75, 3.05) is 20.1 Å². The number of carbonyl (C=O) groups excluding carboxylic acids is 2. The molecule has 6 nitrogen and oxygen atoms in total. The highest BCUT2D eigenvalue weighted by atomic mass is 16.3. The van der Waals surface area contributed by atoms with Gasteiger partial charge in [-0.2, -0.15) is 0 Å². The number of urea groups is 1. The number of furan rings is 1. The third-order valence-corrected chi connectivity index (χ3v) is 5.11. The molecule has 6 heteroatoms. The number of carbonyl (C=O) groups is 2. The SMILES string of the molecule is CC(C1CC1)N(C)C(=O)NC1CCN(C(=O)c2ccoc2)CC1. The van der Waals surface area contributed by atoms with Crippen molar-refractivity contribution in [1.82, 2.24) is 15.1 Å². The molecule has 0 aromatic carbocycles. The zero-order valence-electron chi connectivity index (χ0n) is 13.8. The summed E-state index contributed by atoms with van der Waals surface area (Å²) in [6.45, 7) is 3.44. The van der Waals surface area contributed by atoms with E-state index in [2.05, 4.69) is 12.2 Å². The Morgan fingerprint density at radius 1 is 1.30 bits per heavy atom. The average molecular weight is 319 g/mol. The maximum Gasteiger partial charge on any atom is 0.317 e. The molecule has 1 saturated carbocycles. The molecule has 23 heavy (non-hydrogen) atoms. The summed E-state index contributed by atoms with van der Waals surface area (Å²) in [7, 11) is 1.87. The number of nitrogens with zero attached hydrogens (tertiary/aromatic N) is 2. The van der Waals surface area contributed by atoms with Gasteiger partial charge in [0.25, 0.3) is 5.91 Å². The smallest absolute Gasteiger partial charge is 0.317 e. The molecule has 1 saturated heterocycles. The van der Waals surface area contributed by atoms with E-state index in [0.29, 0.717) is 30.6 Å². The fourth-order valence-corrected chi connectivity index (χ4v) is 3.15. The topological polar surface area (TPSA) is 65.8 Å². The molecule has 0 bridgehead atoms. The molecule has 1 aromatic rings. The van der Waals surface area contributed by atoms with Crippen LogP contribution in [0.3, 0.4) is 0 Å². The fraction of sp³-hybridized carbons (Fsp3) is 0.647. The highest BCUT2D eigenvalue weighted by Gasteiger charge is 2.33. The lowest BCUT2D eigenvalue weighted by Crippen LogP contribution is -2.51. The Labute approximate surface area is 136 Å². The number of hydrogen-bond donors (Lipinski definition) is 1. The molecule has 2 fully saturated rings. The lowest BCUT2D eigenvalue weighted by Gasteiger charge is -2.34. The quantitative estimate of drug-likeness (QED) is 0.926. The van der Waals surface area contributed by atoms with E-state index in [4.69, 9.17) is 4.42 Å². The Morgan fingerprint density at radius 3 is 2.57 bits per heavy atom. The van der Waals surface area contributed by atoms with Gasteiger partial charge in [0.2, 0.25) is 0 Å². The van der Waals surface area contributed by atoms with Crippen LogP contribution < -0.4 is 5.32 Å². The third kappa shape index (κ3) is 3.68. The summed E-state index contributed by atoms with van der Waals surface area (Å²) in [4.78, 5) is 28.2. The lowest BCUT2D eigenvalue weighted by molar-refractivity contribution is 0.0705. The average Bonchev–Trinajstić information content (AvgIpc) is 3.27. The Morgan fingerprint density at radius 2 is 2.00 bits per heavy atom. The van der Waals surface area contributed by atoms with E-state index in [1.807, 2.05) is 16.8 Å². The van der Waals surface area contributed by atoms with Crippen LogP contribution in [-0.2, 0) is 0 Å². The van der Waals surface area contributed by atoms with Crippen LogP contribution in [0.2, 0.25) is 0 Å². The van der Waals surface area contributed by atoms with Gasteiger partial charge in [-0.1, -0.05) is 0 Å². The first-order chi connectivity index (χ1) is 11.1. The van der Waals surface area contributed by atoms with Gasteiger partial charge in [0.15, 0.2) is 0 Å². The van der Waals surface area contributed by atoms with Crippen molar-refractivity contribution in [3.8, 4) is 0 Å². The van der Waals surface area contributed by atoms with Crippen molar-refractivity contribution in [2.45, 2.75) is 44.7 Å². The van der Waals surface area contributed by atoms with Crippen LogP contribution in [-0.4, -0.2) is 54.0 Å². The highest BCUT2D eigenvalue weighted by Crippen LogP contribution is 2.34. The first kappa shape index (κ1) is 15.9. The van der Waals surface area contributed by atoms with E-state index in [1.54, 1.807) is 6.07 Å². The van der Waals surface area contributed by atoms with Gasteiger partial charge in [-0.15, -0.1) is 0 Å². The van der Waals surface area contributed by atoms with Crippen molar-refractivity contribution >= 4 is 11.9 Å². The second-order valence-corrected chi connectivity index (χ2v) is 6.72. The predicted molar refractivity (Wildman–Crippen MR) is 86.1 cm³/mol. The van der Waals surface area contributed by atoms with Crippen LogP contribution in [0.1, 0.15) is 43.0 Å². The third-order valence-electron chi connectivity index (χ3n) is 5.11. The second kappa shape index (κ2) is 6.64. The summed E-state index contributed by atoms with van der Waals surface area (Å²) in [6, 6.07) is 2.14. The van der Waals surface area contributed by atoms with Gasteiger partial charge in [-0.05, 0) is 44.6 Å². The number of hydrogen-bond acceptors (Lipinski definition) is 3. The van der Waals surface area contributed by atoms with Crippen molar-refractivity contribution in [1.29, 1.82) is 0 Å². The van der Waals surface area contributed by atoms with Crippen molar-refractivity contribution in [3.05, 3.63) is 24.2 Å². The zero-order chi connectivity index (χ0) is 16.4. The number of likely N-dealkylation sites (tertiary alicyclic amines) is 1. The maximum absolute atomic E-state index is 12.3. The Balaban J connectivity index is 1.45. The van der Waals surface area contributed by atoms with E-state index in [0.717, 1.165) is 12.8 Å². The standard InChI is InChI=1S/C17H25N3O3/c1-12(13-3-4-13)19(2)17(22)18-15-5-8-20(9-6-15)16(21)14-7-10-23-11-14/h7,10-13,15H,3-6,8-9H2,1-2H3,(H,18,22). The Hall–Kier alpha value is -1.98. The summed E-state index contributed by atoms with van der Waals surface area (Å²) in [5.41, 5.74) is 0.588. The summed E-state index contributed by atoms with van der Waals surface area (Å²) in [5.74, 6) is 0.670. The highest BCUT2D eigenvalue weighted by molar-refractivity contribution is 5.93. The number of rotatable bonds is 4.